The lowest BCUT2D eigenvalue weighted by atomic mass is 10.0. The van der Waals surface area contributed by atoms with Gasteiger partial charge < -0.3 is 15.2 Å². The van der Waals surface area contributed by atoms with E-state index in [4.69, 9.17) is 0 Å². The molecule has 0 saturated carbocycles. The van der Waals surface area contributed by atoms with Crippen molar-refractivity contribution in [1.29, 1.82) is 0 Å². The van der Waals surface area contributed by atoms with Gasteiger partial charge in [0.15, 0.2) is 0 Å². The number of rotatable bonds is 4. The topological polar surface area (TPSA) is 93.6 Å². The molecule has 1 aliphatic rings. The number of aliphatic carboxylic acids is 2. The monoisotopic (exact) mass is 288 g/mol. The molecule has 0 amide bonds. The number of nitrogens with zero attached hydrogens (tertiary/aromatic N) is 1. The van der Waals surface area contributed by atoms with Crippen LogP contribution >= 0.6 is 0 Å². The third kappa shape index (κ3) is 2.27. The van der Waals surface area contributed by atoms with E-state index in [2.05, 4.69) is 4.98 Å². The zero-order valence-corrected chi connectivity index (χ0v) is 11.3. The average Bonchev–Trinajstić information content (AvgIpc) is 3.07. The predicted octanol–water partition coefficient (Wildman–Crippen LogP) is 1.84. The van der Waals surface area contributed by atoms with Crippen molar-refractivity contribution >= 4 is 22.8 Å². The molecule has 2 heterocycles. The van der Waals surface area contributed by atoms with Crippen LogP contribution in [0.15, 0.2) is 30.5 Å². The van der Waals surface area contributed by atoms with Crippen LogP contribution in [0.4, 0.5) is 0 Å². The first kappa shape index (κ1) is 13.6. The fraction of sp³-hybridized carbons (Fsp3) is 0.333. The molecule has 0 spiro atoms. The zero-order chi connectivity index (χ0) is 15.0. The molecule has 3 N–H and O–H groups in total. The van der Waals surface area contributed by atoms with Gasteiger partial charge in [-0.15, -0.1) is 0 Å². The molecule has 1 aliphatic heterocycles. The van der Waals surface area contributed by atoms with E-state index in [1.807, 2.05) is 24.3 Å². The van der Waals surface area contributed by atoms with Gasteiger partial charge in [0.05, 0.1) is 0 Å². The van der Waals surface area contributed by atoms with Crippen LogP contribution in [-0.4, -0.2) is 44.6 Å². The zero-order valence-electron chi connectivity index (χ0n) is 11.3. The summed E-state index contributed by atoms with van der Waals surface area (Å²) in [5, 5.41) is 19.7. The number of carbonyl (C=O) groups is 2. The van der Waals surface area contributed by atoms with Crippen molar-refractivity contribution in [3.8, 4) is 0 Å². The Kier molecular flexibility index (Phi) is 3.39. The molecule has 0 bridgehead atoms. The molecule has 0 aliphatic carbocycles. The first-order valence-electron chi connectivity index (χ1n) is 6.87. The lowest BCUT2D eigenvalue weighted by molar-refractivity contribution is -0.149. The highest BCUT2D eigenvalue weighted by atomic mass is 16.4. The van der Waals surface area contributed by atoms with Crippen molar-refractivity contribution in [3.63, 3.8) is 0 Å². The molecule has 6 nitrogen and oxygen atoms in total. The third-order valence-corrected chi connectivity index (χ3v) is 4.06. The summed E-state index contributed by atoms with van der Waals surface area (Å²) >= 11 is 0. The van der Waals surface area contributed by atoms with Crippen LogP contribution in [-0.2, 0) is 9.59 Å². The molecular formula is C15H16N2O4. The van der Waals surface area contributed by atoms with Gasteiger partial charge in [-0.25, -0.2) is 0 Å². The number of benzene rings is 1. The number of carboxylic acids is 2. The predicted molar refractivity (Wildman–Crippen MR) is 76.0 cm³/mol. The van der Waals surface area contributed by atoms with Crippen molar-refractivity contribution < 1.29 is 19.8 Å². The van der Waals surface area contributed by atoms with Gasteiger partial charge in [0.2, 0.25) is 0 Å². The van der Waals surface area contributed by atoms with E-state index in [0.29, 0.717) is 24.9 Å². The standard InChI is InChI=1S/C15H16N2O4/c18-14(19)12-6-3-7-17(12)13(15(20)21)10-8-16-11-5-2-1-4-9(10)11/h1-2,4-5,8,12-13,16H,3,6-7H2,(H,18,19)(H,20,21). The number of hydrogen-bond acceptors (Lipinski definition) is 3. The van der Waals surface area contributed by atoms with Crippen LogP contribution in [0.3, 0.4) is 0 Å². The Bertz CT molecular complexity index is 694. The molecular weight excluding hydrogens is 272 g/mol. The fourth-order valence-corrected chi connectivity index (χ4v) is 3.14. The maximum absolute atomic E-state index is 11.7. The van der Waals surface area contributed by atoms with Gasteiger partial charge in [0.1, 0.15) is 12.1 Å². The third-order valence-electron chi connectivity index (χ3n) is 4.06. The van der Waals surface area contributed by atoms with Crippen LogP contribution in [0.25, 0.3) is 10.9 Å². The van der Waals surface area contributed by atoms with Crippen LogP contribution < -0.4 is 0 Å². The Morgan fingerprint density at radius 2 is 2.05 bits per heavy atom. The number of fused-ring (bicyclic) bond motifs is 1. The quantitative estimate of drug-likeness (QED) is 0.798. The molecule has 1 aromatic heterocycles. The summed E-state index contributed by atoms with van der Waals surface area (Å²) in [7, 11) is 0. The Labute approximate surface area is 121 Å². The number of carboxylic acid groups (broad SMARTS) is 2. The van der Waals surface area contributed by atoms with Gasteiger partial charge >= 0.3 is 11.9 Å². The maximum Gasteiger partial charge on any atom is 0.325 e. The van der Waals surface area contributed by atoms with Gasteiger partial charge in [-0.05, 0) is 18.9 Å². The summed E-state index contributed by atoms with van der Waals surface area (Å²) < 4.78 is 0. The fourth-order valence-electron chi connectivity index (χ4n) is 3.14. The average molecular weight is 288 g/mol. The molecule has 1 aromatic carbocycles. The van der Waals surface area contributed by atoms with Gasteiger partial charge in [-0.3, -0.25) is 14.5 Å². The summed E-state index contributed by atoms with van der Waals surface area (Å²) in [5.74, 6) is -1.98. The number of aromatic nitrogens is 1. The van der Waals surface area contributed by atoms with Gasteiger partial charge in [0, 0.05) is 29.2 Å². The van der Waals surface area contributed by atoms with Gasteiger partial charge in [-0.2, -0.15) is 0 Å². The Balaban J connectivity index is 2.06. The van der Waals surface area contributed by atoms with Crippen LogP contribution in [0.5, 0.6) is 0 Å². The second-order valence-corrected chi connectivity index (χ2v) is 5.26. The molecule has 110 valence electrons. The van der Waals surface area contributed by atoms with Crippen molar-refractivity contribution in [1.82, 2.24) is 9.88 Å². The van der Waals surface area contributed by atoms with Crippen LogP contribution in [0, 0.1) is 0 Å². The number of hydrogen-bond donors (Lipinski definition) is 3. The van der Waals surface area contributed by atoms with Crippen LogP contribution in [0.1, 0.15) is 24.4 Å². The van der Waals surface area contributed by atoms with E-state index in [0.717, 1.165) is 10.9 Å². The molecule has 21 heavy (non-hydrogen) atoms. The first-order valence-corrected chi connectivity index (χ1v) is 6.87. The number of aromatic amines is 1. The smallest absolute Gasteiger partial charge is 0.325 e. The van der Waals surface area contributed by atoms with E-state index < -0.39 is 24.0 Å². The molecule has 1 fully saturated rings. The number of H-pyrrole nitrogens is 1. The summed E-state index contributed by atoms with van der Waals surface area (Å²) in [4.78, 5) is 27.7. The molecule has 0 radical (unpaired) electrons. The summed E-state index contributed by atoms with van der Waals surface area (Å²) in [6.07, 6.45) is 2.85. The first-order chi connectivity index (χ1) is 10.1. The van der Waals surface area contributed by atoms with Crippen molar-refractivity contribution in [3.05, 3.63) is 36.0 Å². The minimum absolute atomic E-state index is 0.480. The van der Waals surface area contributed by atoms with E-state index in [9.17, 15) is 19.8 Å². The van der Waals surface area contributed by atoms with E-state index in [1.165, 1.54) is 0 Å². The van der Waals surface area contributed by atoms with Gasteiger partial charge in [0.25, 0.3) is 0 Å². The van der Waals surface area contributed by atoms with Crippen molar-refractivity contribution in [2.45, 2.75) is 24.9 Å². The second kappa shape index (κ2) is 5.21. The molecule has 2 aromatic rings. The van der Waals surface area contributed by atoms with E-state index in [-0.39, 0.29) is 0 Å². The summed E-state index contributed by atoms with van der Waals surface area (Å²) in [5.41, 5.74) is 1.47. The molecule has 3 rings (SSSR count). The molecule has 6 heteroatoms. The number of likely N-dealkylation sites (tertiary alicyclic amines) is 1. The maximum atomic E-state index is 11.7. The van der Waals surface area contributed by atoms with E-state index >= 15 is 0 Å². The van der Waals surface area contributed by atoms with E-state index in [1.54, 1.807) is 11.1 Å². The SMILES string of the molecule is O=C(O)C1CCCN1C(C(=O)O)c1c[nH]c2ccccc12. The number of para-hydroxylation sites is 1. The molecule has 2 unspecified atom stereocenters. The largest absolute Gasteiger partial charge is 0.480 e. The lowest BCUT2D eigenvalue weighted by Gasteiger charge is -2.27. The van der Waals surface area contributed by atoms with Crippen molar-refractivity contribution in [2.75, 3.05) is 6.54 Å². The Hall–Kier alpha value is -2.34. The normalized spacial score (nSPS) is 20.7. The Morgan fingerprint density at radius 1 is 1.29 bits per heavy atom. The number of nitrogens with one attached hydrogen (secondary N) is 1. The lowest BCUT2D eigenvalue weighted by Crippen LogP contribution is -2.41. The minimum Gasteiger partial charge on any atom is -0.480 e. The van der Waals surface area contributed by atoms with Crippen molar-refractivity contribution in [2.24, 2.45) is 0 Å². The molecule has 1 saturated heterocycles. The second-order valence-electron chi connectivity index (χ2n) is 5.26. The molecule has 2 atom stereocenters. The minimum atomic E-state index is -1.02. The summed E-state index contributed by atoms with van der Waals surface area (Å²) in [6.45, 7) is 0.480. The van der Waals surface area contributed by atoms with Crippen LogP contribution in [0.2, 0.25) is 0 Å². The Morgan fingerprint density at radius 3 is 2.76 bits per heavy atom. The highest BCUT2D eigenvalue weighted by Gasteiger charge is 2.40. The summed E-state index contributed by atoms with van der Waals surface area (Å²) in [6, 6.07) is 5.76. The highest BCUT2D eigenvalue weighted by molar-refractivity contribution is 5.89. The van der Waals surface area contributed by atoms with Gasteiger partial charge in [-0.1, -0.05) is 18.2 Å². The highest BCUT2D eigenvalue weighted by Crippen LogP contribution is 2.33.